The summed E-state index contributed by atoms with van der Waals surface area (Å²) in [6.45, 7) is 33.0. The van der Waals surface area contributed by atoms with Gasteiger partial charge < -0.3 is 10.2 Å². The molecule has 0 spiro atoms. The van der Waals surface area contributed by atoms with Crippen molar-refractivity contribution in [1.29, 1.82) is 0 Å². The minimum atomic E-state index is -4.06. The standard InChI is InChI=1S/2C19H16.2C13H10.2C10H8O.2C9H13NO3S.4C2H6/c2*1-12(2)16-10-8-15-7-6-13-4-3-5-14-9-11-17(16)19(15)18(13)14;2*1-3-7-12-10(5-1)9-11-6-2-4-8-13(11)12;2*11-10-7-3-5-8-4-1-2-6-9(8)10;2*1-7(2)8-5-3-4-6-9(8)10-14(11,12)13;4*1-2/h2*3-12H,1-2H3;2*1-8H,9H2;2*1-7,11H;2*3-7,10H,1-2H3,(H,11,12,13);4*1-2H3/p+2. The zero-order valence-electron chi connectivity index (χ0n) is 73.4. The van der Waals surface area contributed by atoms with E-state index in [2.05, 4.69) is 234 Å². The molecule has 0 aliphatic heterocycles. The number of benzene rings is 18. The van der Waals surface area contributed by atoms with Crippen molar-refractivity contribution < 1.29 is 45.6 Å². The molecule has 0 saturated carbocycles. The first-order chi connectivity index (χ1) is 59.0. The molecule has 0 fully saturated rings. The van der Waals surface area contributed by atoms with Gasteiger partial charge in [0.05, 0.1) is 0 Å². The van der Waals surface area contributed by atoms with E-state index in [4.69, 9.17) is 9.11 Å². The summed E-state index contributed by atoms with van der Waals surface area (Å²) in [6, 6.07) is 116. The van der Waals surface area contributed by atoms with Gasteiger partial charge in [0.2, 0.25) is 0 Å². The van der Waals surface area contributed by atoms with E-state index in [1.165, 1.54) is 120 Å². The van der Waals surface area contributed by atoms with Gasteiger partial charge in [-0.25, -0.2) is 9.11 Å². The molecule has 8 N–H and O–H groups in total. The van der Waals surface area contributed by atoms with E-state index >= 15 is 0 Å². The van der Waals surface area contributed by atoms with Gasteiger partial charge in [0.1, 0.15) is 22.9 Å². The topological polar surface area (TPSA) is 182 Å². The van der Waals surface area contributed by atoms with Crippen LogP contribution in [0, 0.1) is 0 Å². The largest absolute Gasteiger partial charge is 0.507 e. The Labute approximate surface area is 724 Å². The highest BCUT2D eigenvalue weighted by molar-refractivity contribution is 7.79. The average molecular weight is 1660 g/mol. The summed E-state index contributed by atoms with van der Waals surface area (Å²) in [5.74, 6) is 2.27. The smallest absolute Gasteiger partial charge is 0.434 e. The first kappa shape index (κ1) is 93.8. The molecule has 0 saturated heterocycles. The van der Waals surface area contributed by atoms with E-state index in [0.717, 1.165) is 55.0 Å². The fourth-order valence-corrected chi connectivity index (χ4v) is 16.8. The van der Waals surface area contributed by atoms with E-state index in [1.807, 2.05) is 180 Å². The molecule has 2 aliphatic rings. The van der Waals surface area contributed by atoms with Gasteiger partial charge in [-0.05, 0) is 180 Å². The maximum Gasteiger partial charge on any atom is 0.434 e. The molecule has 122 heavy (non-hydrogen) atoms. The number of aromatic hydroxyl groups is 2. The number of phenols is 2. The minimum Gasteiger partial charge on any atom is -0.507 e. The molecule has 12 heteroatoms. The monoisotopic (exact) mass is 1660 g/mol. The maximum atomic E-state index is 10.7. The fraction of sp³-hybridized carbons (Fsp3) is 0.200. The quantitative estimate of drug-likeness (QED) is 0.0494. The van der Waals surface area contributed by atoms with Gasteiger partial charge in [-0.1, -0.05) is 426 Å². The molecule has 18 aromatic rings. The minimum absolute atomic E-state index is 0.226. The lowest BCUT2D eigenvalue weighted by Crippen LogP contribution is -2.81. The lowest BCUT2D eigenvalue weighted by atomic mass is 9.89. The third-order valence-corrected chi connectivity index (χ3v) is 22.2. The number of fused-ring (bicyclic) bond motifs is 8. The highest BCUT2D eigenvalue weighted by Crippen LogP contribution is 2.42. The molecule has 0 atom stereocenters. The summed E-state index contributed by atoms with van der Waals surface area (Å²) in [6.07, 6.45) is 2.21. The predicted octanol–water partition coefficient (Wildman–Crippen LogP) is 28.7. The molecule has 0 heterocycles. The maximum absolute atomic E-state index is 10.7. The molecule has 628 valence electrons. The van der Waals surface area contributed by atoms with Gasteiger partial charge in [-0.3, -0.25) is 0 Å². The average Bonchev–Trinajstić information content (AvgIpc) is 1.01. The van der Waals surface area contributed by atoms with Gasteiger partial charge in [0.25, 0.3) is 0 Å². The van der Waals surface area contributed by atoms with E-state index in [0.29, 0.717) is 34.7 Å². The van der Waals surface area contributed by atoms with Gasteiger partial charge >= 0.3 is 20.6 Å². The zero-order chi connectivity index (χ0) is 88.2. The van der Waals surface area contributed by atoms with Gasteiger partial charge in [0.15, 0.2) is 0 Å². The lowest BCUT2D eigenvalue weighted by Gasteiger charge is -2.15. The van der Waals surface area contributed by atoms with Crippen LogP contribution in [0.2, 0.25) is 0 Å². The van der Waals surface area contributed by atoms with Crippen molar-refractivity contribution in [2.24, 2.45) is 0 Å². The Morgan fingerprint density at radius 1 is 0.230 bits per heavy atom. The molecule has 2 aliphatic carbocycles. The third-order valence-electron chi connectivity index (χ3n) is 21.1. The molecule has 20 rings (SSSR count). The first-order valence-electron chi connectivity index (χ1n) is 42.8. The van der Waals surface area contributed by atoms with Crippen molar-refractivity contribution in [3.8, 4) is 33.8 Å². The molecular weight excluding hydrogens is 1540 g/mol. The second-order valence-corrected chi connectivity index (χ2v) is 32.7. The molecule has 18 aromatic carbocycles. The number of hydrogen-bond donors (Lipinski definition) is 6. The summed E-state index contributed by atoms with van der Waals surface area (Å²) >= 11 is 0. The van der Waals surface area contributed by atoms with Crippen LogP contribution in [0.5, 0.6) is 11.5 Å². The SMILES string of the molecule is CC.CC.CC.CC.CC(C)c1ccc2ccc3cccc4ccc1c2c34.CC(C)c1ccc2ccc3cccc4ccc1c2c34.CC(C)c1ccccc1[NH2+]S(=O)(=O)O.CC(C)c1ccccc1[NH2+]S(=O)(=O)O.Oc1cccc2ccccc12.Oc1cccc2ccccc12.c1ccc2c(c1)Cc1ccccc1-2.c1ccc2c(c1)Cc1ccccc1-2. The van der Waals surface area contributed by atoms with Crippen LogP contribution >= 0.6 is 0 Å². The van der Waals surface area contributed by atoms with Crippen LogP contribution in [0.25, 0.3) is 108 Å². The second kappa shape index (κ2) is 45.0. The summed E-state index contributed by atoms with van der Waals surface area (Å²) in [5.41, 5.74) is 17.3. The van der Waals surface area contributed by atoms with E-state index in [9.17, 15) is 27.0 Å². The van der Waals surface area contributed by atoms with E-state index in [-0.39, 0.29) is 11.8 Å². The van der Waals surface area contributed by atoms with Crippen molar-refractivity contribution in [1.82, 2.24) is 0 Å². The predicted molar refractivity (Wildman–Crippen MR) is 522 cm³/mol. The van der Waals surface area contributed by atoms with Crippen LogP contribution in [0.15, 0.2) is 340 Å². The van der Waals surface area contributed by atoms with Crippen LogP contribution in [0.4, 0.5) is 11.4 Å². The third kappa shape index (κ3) is 23.7. The molecule has 0 aromatic heterocycles. The van der Waals surface area contributed by atoms with Crippen molar-refractivity contribution in [2.45, 2.75) is 147 Å². The normalized spacial score (nSPS) is 11.2. The molecule has 0 amide bonds. The van der Waals surface area contributed by atoms with Crippen molar-refractivity contribution in [2.75, 3.05) is 0 Å². The number of rotatable bonds is 8. The summed E-state index contributed by atoms with van der Waals surface area (Å²) in [7, 11) is -8.12. The highest BCUT2D eigenvalue weighted by atomic mass is 32.2. The van der Waals surface area contributed by atoms with Gasteiger partial charge in [-0.15, -0.1) is 16.8 Å². The fourth-order valence-electron chi connectivity index (χ4n) is 15.7. The van der Waals surface area contributed by atoms with E-state index in [1.54, 1.807) is 36.4 Å². The Bertz CT molecular complexity index is 6100. The van der Waals surface area contributed by atoms with Crippen molar-refractivity contribution in [3.05, 3.63) is 384 Å². The van der Waals surface area contributed by atoms with Crippen molar-refractivity contribution in [3.63, 3.8) is 0 Å². The molecular formula is C110H120N2O8S2+2. The molecule has 0 bridgehead atoms. The van der Waals surface area contributed by atoms with Gasteiger partial charge in [-0.2, -0.15) is 9.44 Å². The zero-order valence-corrected chi connectivity index (χ0v) is 75.1. The molecule has 10 nitrogen and oxygen atoms in total. The molecule has 0 unspecified atom stereocenters. The Morgan fingerprint density at radius 3 is 0.754 bits per heavy atom. The van der Waals surface area contributed by atoms with Gasteiger partial charge in [0, 0.05) is 34.0 Å². The second-order valence-electron chi connectivity index (χ2n) is 30.1. The number of phenolic OH excluding ortho intramolecular Hbond substituents is 2. The Morgan fingerprint density at radius 2 is 0.459 bits per heavy atom. The van der Waals surface area contributed by atoms with E-state index < -0.39 is 20.6 Å². The highest BCUT2D eigenvalue weighted by Gasteiger charge is 2.21. The van der Waals surface area contributed by atoms with Crippen LogP contribution < -0.4 is 9.44 Å². The summed E-state index contributed by atoms with van der Waals surface area (Å²) in [5, 5.41) is 39.3. The number of hydrogen-bond acceptors (Lipinski definition) is 6. The number of nitrogens with two attached hydrogens (primary N) is 2. The van der Waals surface area contributed by atoms with Crippen LogP contribution in [0.1, 0.15) is 179 Å². The Kier molecular flexibility index (Phi) is 34.6. The summed E-state index contributed by atoms with van der Waals surface area (Å²) < 4.78 is 61.8. The van der Waals surface area contributed by atoms with Crippen molar-refractivity contribution >= 4 is 118 Å². The first-order valence-corrected chi connectivity index (χ1v) is 45.8. The van der Waals surface area contributed by atoms with Crippen LogP contribution in [-0.2, 0) is 33.4 Å². The lowest BCUT2D eigenvalue weighted by molar-refractivity contribution is -0.408. The molecule has 0 radical (unpaired) electrons. The Balaban J connectivity index is 0.000000157. The van der Waals surface area contributed by atoms with Crippen LogP contribution in [0.3, 0.4) is 0 Å². The number of quaternary nitrogens is 2. The van der Waals surface area contributed by atoms with Crippen LogP contribution in [-0.4, -0.2) is 36.2 Å². The summed E-state index contributed by atoms with van der Waals surface area (Å²) in [4.78, 5) is 0. The Hall–Kier alpha value is -12.1.